The van der Waals surface area contributed by atoms with E-state index in [0.717, 1.165) is 12.8 Å². The molecule has 7 radical (unpaired) electrons. The van der Waals surface area contributed by atoms with Crippen LogP contribution < -0.4 is 4.74 Å². The highest BCUT2D eigenvalue weighted by molar-refractivity contribution is 5.85. The van der Waals surface area contributed by atoms with Crippen LogP contribution in [0.25, 0.3) is 0 Å². The molecule has 0 aliphatic rings. The molecular formula is C27H43O7. The minimum Gasteiger partial charge on any atom is -0.478 e. The summed E-state index contributed by atoms with van der Waals surface area (Å²) in [6.07, 6.45) is 10.1. The molecule has 1 atom stereocenters. The lowest BCUT2D eigenvalue weighted by Crippen LogP contribution is -2.34. The molecule has 1 aromatic carbocycles. The van der Waals surface area contributed by atoms with Crippen LogP contribution in [0, 0.1) is 27.7 Å². The van der Waals surface area contributed by atoms with Crippen LogP contribution in [0.2, 0.25) is 0 Å². The Morgan fingerprint density at radius 2 is 1.35 bits per heavy atom. The van der Waals surface area contributed by atoms with Gasteiger partial charge in [-0.1, -0.05) is 63.6 Å². The van der Waals surface area contributed by atoms with Gasteiger partial charge in [-0.15, -0.1) is 0 Å². The van der Waals surface area contributed by atoms with E-state index in [1.54, 1.807) is 0 Å². The number of carbonyl (C=O) groups is 1. The van der Waals surface area contributed by atoms with E-state index in [0.29, 0.717) is 12.2 Å². The minimum atomic E-state index is -1.12. The molecule has 0 fully saturated rings. The molecule has 193 valence electrons. The predicted octanol–water partition coefficient (Wildman–Crippen LogP) is 6.49. The van der Waals surface area contributed by atoms with Gasteiger partial charge >= 0.3 is 5.97 Å². The number of para-hydroxylation sites is 1. The van der Waals surface area contributed by atoms with Gasteiger partial charge in [0.2, 0.25) is 0 Å². The van der Waals surface area contributed by atoms with E-state index in [4.69, 9.17) is 29.9 Å². The quantitative estimate of drug-likeness (QED) is 0.150. The lowest BCUT2D eigenvalue weighted by atomic mass is 10.1. The maximum atomic E-state index is 11.0. The zero-order valence-electron chi connectivity index (χ0n) is 21.0. The topological polar surface area (TPSA) is 115 Å². The Labute approximate surface area is 207 Å². The van der Waals surface area contributed by atoms with Crippen LogP contribution in [0.3, 0.4) is 0 Å². The molecule has 0 amide bonds. The fraction of sp³-hybridized carbons (Fsp3) is 0.519. The highest BCUT2D eigenvalue weighted by Crippen LogP contribution is 2.25. The van der Waals surface area contributed by atoms with Crippen LogP contribution >= 0.6 is 0 Å². The van der Waals surface area contributed by atoms with Gasteiger partial charge in [0, 0.05) is 13.3 Å². The van der Waals surface area contributed by atoms with Crippen molar-refractivity contribution in [1.82, 2.24) is 0 Å². The molecular weight excluding hydrogens is 436 g/mol. The van der Waals surface area contributed by atoms with E-state index < -0.39 is 11.8 Å². The third-order valence-electron chi connectivity index (χ3n) is 4.00. The molecule has 34 heavy (non-hydrogen) atoms. The van der Waals surface area contributed by atoms with Gasteiger partial charge in [-0.2, -0.15) is 0 Å². The lowest BCUT2D eigenvalue weighted by molar-refractivity contribution is -0.134. The summed E-state index contributed by atoms with van der Waals surface area (Å²) in [7, 11) is 0. The van der Waals surface area contributed by atoms with Gasteiger partial charge in [0.1, 0.15) is 5.75 Å². The van der Waals surface area contributed by atoms with Crippen LogP contribution in [-0.4, -0.2) is 36.7 Å². The summed E-state index contributed by atoms with van der Waals surface area (Å²) in [4.78, 5) is 11.0. The first-order valence-electron chi connectivity index (χ1n) is 11.5. The SMILES string of the molecule is [CH2]C(CCCCCCCCC)(OC=C(C)C(=O)O)Oc1ccccc1.[CH2]C[O].[CH2]C[O].[CH2]C[O]. The van der Waals surface area contributed by atoms with Crippen LogP contribution in [0.15, 0.2) is 42.2 Å². The number of unbranched alkanes of at least 4 members (excludes halogenated alkanes) is 6. The number of aliphatic carboxylic acids is 1. The summed E-state index contributed by atoms with van der Waals surface area (Å²) in [5.41, 5.74) is 0.115. The first-order valence-corrected chi connectivity index (χ1v) is 11.5. The van der Waals surface area contributed by atoms with Crippen LogP contribution in [0.5, 0.6) is 5.75 Å². The van der Waals surface area contributed by atoms with Gasteiger partial charge < -0.3 is 14.6 Å². The summed E-state index contributed by atoms with van der Waals surface area (Å²) < 4.78 is 11.5. The van der Waals surface area contributed by atoms with E-state index in [1.807, 2.05) is 30.3 Å². The maximum absolute atomic E-state index is 11.0. The Morgan fingerprint density at radius 3 is 1.79 bits per heavy atom. The summed E-state index contributed by atoms with van der Waals surface area (Å²) in [5.74, 6) is -1.48. The van der Waals surface area contributed by atoms with Crippen molar-refractivity contribution < 1.29 is 34.7 Å². The second-order valence-electron chi connectivity index (χ2n) is 7.03. The smallest absolute Gasteiger partial charge is 0.334 e. The van der Waals surface area contributed by atoms with Gasteiger partial charge in [-0.3, -0.25) is 0 Å². The largest absolute Gasteiger partial charge is 0.478 e. The Balaban J connectivity index is -0.000000921. The van der Waals surface area contributed by atoms with Crippen molar-refractivity contribution in [3.05, 3.63) is 69.9 Å². The van der Waals surface area contributed by atoms with Crippen LogP contribution in [0.4, 0.5) is 0 Å². The summed E-state index contributed by atoms with van der Waals surface area (Å²) in [6, 6.07) is 9.33. The molecule has 0 aliphatic heterocycles. The third-order valence-corrected chi connectivity index (χ3v) is 4.00. The number of carboxylic acids is 1. The standard InChI is InChI=1S/C21H31O4.3C2H4O/c1-4-5-6-7-8-9-13-16-21(3,24-17-18(2)20(22)23)25-19-14-11-10-12-15-19;3*1-2-3/h10-12,14-15,17H,3-9,13,16H2,1-2H3,(H,22,23);3*1-2H2. The lowest BCUT2D eigenvalue weighted by Gasteiger charge is -2.30. The number of carboxylic acid groups (broad SMARTS) is 1. The van der Waals surface area contributed by atoms with E-state index in [-0.39, 0.29) is 25.4 Å². The number of hydrogen-bond donors (Lipinski definition) is 1. The third kappa shape index (κ3) is 26.2. The average molecular weight is 480 g/mol. The van der Waals surface area contributed by atoms with Crippen LogP contribution in [0.1, 0.15) is 65.2 Å². The predicted molar refractivity (Wildman–Crippen MR) is 133 cm³/mol. The van der Waals surface area contributed by atoms with E-state index >= 15 is 0 Å². The molecule has 0 heterocycles. The maximum Gasteiger partial charge on any atom is 0.334 e. The van der Waals surface area contributed by atoms with Gasteiger partial charge in [-0.05, 0) is 46.2 Å². The average Bonchev–Trinajstić information content (AvgIpc) is 2.79. The molecule has 0 spiro atoms. The molecule has 1 unspecified atom stereocenters. The highest BCUT2D eigenvalue weighted by atomic mass is 16.7. The molecule has 0 saturated carbocycles. The number of hydrogen-bond acceptors (Lipinski definition) is 3. The van der Waals surface area contributed by atoms with Crippen molar-refractivity contribution in [3.8, 4) is 5.75 Å². The first kappa shape index (κ1) is 36.5. The Bertz CT molecular complexity index is 571. The molecule has 7 heteroatoms. The minimum absolute atomic E-state index is 0.115. The second-order valence-corrected chi connectivity index (χ2v) is 7.03. The normalized spacial score (nSPS) is 11.9. The molecule has 0 aromatic heterocycles. The van der Waals surface area contributed by atoms with Gasteiger partial charge in [0.15, 0.2) is 0 Å². The molecule has 0 saturated heterocycles. The van der Waals surface area contributed by atoms with E-state index in [9.17, 15) is 4.79 Å². The second kappa shape index (κ2) is 27.2. The van der Waals surface area contributed by atoms with Gasteiger partial charge in [0.25, 0.3) is 5.79 Å². The summed E-state index contributed by atoms with van der Waals surface area (Å²) in [6.45, 7) is 15.8. The van der Waals surface area contributed by atoms with Crippen molar-refractivity contribution in [2.24, 2.45) is 0 Å². The molecule has 1 N–H and O–H groups in total. The number of benzene rings is 1. The van der Waals surface area contributed by atoms with E-state index in [2.05, 4.69) is 34.6 Å². The number of rotatable bonds is 13. The fourth-order valence-corrected chi connectivity index (χ4v) is 2.43. The number of ether oxygens (including phenoxy) is 2. The Morgan fingerprint density at radius 1 is 0.912 bits per heavy atom. The van der Waals surface area contributed by atoms with Gasteiger partial charge in [-0.25, -0.2) is 20.1 Å². The molecule has 7 nitrogen and oxygen atoms in total. The molecule has 1 rings (SSSR count). The van der Waals surface area contributed by atoms with Crippen molar-refractivity contribution in [2.45, 2.75) is 71.0 Å². The van der Waals surface area contributed by atoms with Crippen molar-refractivity contribution in [1.29, 1.82) is 0 Å². The van der Waals surface area contributed by atoms with Crippen molar-refractivity contribution >= 4 is 5.97 Å². The summed E-state index contributed by atoms with van der Waals surface area (Å²) in [5, 5.41) is 35.4. The van der Waals surface area contributed by atoms with E-state index in [1.165, 1.54) is 45.3 Å². The zero-order valence-corrected chi connectivity index (χ0v) is 21.0. The first-order chi connectivity index (χ1) is 16.2. The molecule has 0 bridgehead atoms. The fourth-order valence-electron chi connectivity index (χ4n) is 2.43. The van der Waals surface area contributed by atoms with Crippen LogP contribution in [-0.2, 0) is 24.9 Å². The molecule has 1 aromatic rings. The van der Waals surface area contributed by atoms with Gasteiger partial charge in [0.05, 0.1) is 31.7 Å². The monoisotopic (exact) mass is 479 g/mol. The van der Waals surface area contributed by atoms with Crippen molar-refractivity contribution in [2.75, 3.05) is 19.8 Å². The summed E-state index contributed by atoms with van der Waals surface area (Å²) >= 11 is 0. The highest BCUT2D eigenvalue weighted by Gasteiger charge is 2.27. The zero-order chi connectivity index (χ0) is 26.7. The molecule has 0 aliphatic carbocycles. The van der Waals surface area contributed by atoms with Crippen molar-refractivity contribution in [3.63, 3.8) is 0 Å². The Hall–Kier alpha value is -2.09. The Kier molecular flexibility index (Phi) is 29.1.